The van der Waals surface area contributed by atoms with E-state index in [-0.39, 0.29) is 9.97 Å². The number of nitrogens with zero attached hydrogens (tertiary/aromatic N) is 1. The second-order valence-electron chi connectivity index (χ2n) is 6.21. The van der Waals surface area contributed by atoms with Gasteiger partial charge in [-0.25, -0.2) is 9.10 Å². The lowest BCUT2D eigenvalue weighted by atomic mass is 9.89. The highest BCUT2D eigenvalue weighted by atomic mass is 32.2. The Morgan fingerprint density at radius 3 is 2.12 bits per heavy atom. The Labute approximate surface area is 149 Å². The van der Waals surface area contributed by atoms with Gasteiger partial charge in [-0.2, -0.15) is 8.42 Å². The average Bonchev–Trinajstić information content (AvgIpc) is 2.52. The van der Waals surface area contributed by atoms with Gasteiger partial charge in [-0.3, -0.25) is 14.1 Å². The third kappa shape index (κ3) is 3.87. The number of nitrogens with one attached hydrogen (secondary N) is 1. The van der Waals surface area contributed by atoms with Gasteiger partial charge in [0.1, 0.15) is 0 Å². The molecule has 1 heterocycles. The Morgan fingerprint density at radius 1 is 1.28 bits per heavy atom. The maximum atomic E-state index is 12.5. The first-order valence-corrected chi connectivity index (χ1v) is 12.3. The molecule has 0 radical (unpaired) electrons. The van der Waals surface area contributed by atoms with E-state index in [1.54, 1.807) is 0 Å². The lowest BCUT2D eigenvalue weighted by molar-refractivity contribution is -0.168. The summed E-state index contributed by atoms with van der Waals surface area (Å²) >= 11 is 0. The second-order valence-corrected chi connectivity index (χ2v) is 13.2. The van der Waals surface area contributed by atoms with Crippen LogP contribution in [0, 0.1) is 5.92 Å². The summed E-state index contributed by atoms with van der Waals surface area (Å²) in [5, 5.41) is 2.78. The van der Waals surface area contributed by atoms with Gasteiger partial charge < -0.3 is 10.1 Å². The Morgan fingerprint density at radius 2 is 1.76 bits per heavy atom. The fraction of sp³-hybridized carbons (Fsp3) is 0.786. The van der Waals surface area contributed by atoms with E-state index >= 15 is 0 Å². The molecule has 0 aliphatic carbocycles. The largest absolute Gasteiger partial charge is 0.467 e. The molecular formula is C14H26N2O7SSi. The quantitative estimate of drug-likeness (QED) is 0.200. The summed E-state index contributed by atoms with van der Waals surface area (Å²) in [6.45, 7) is 8.06. The Bertz CT molecular complexity index is 639. The molecule has 2 amide bonds. The summed E-state index contributed by atoms with van der Waals surface area (Å²) in [6, 6.07) is 1.15. The minimum atomic E-state index is -4.95. The number of methoxy groups -OCH3 is 1. The molecule has 2 N–H and O–H groups in total. The molecule has 0 spiro atoms. The summed E-state index contributed by atoms with van der Waals surface area (Å²) < 4.78 is 36.1. The van der Waals surface area contributed by atoms with Crippen molar-refractivity contribution in [2.45, 2.75) is 57.5 Å². The van der Waals surface area contributed by atoms with Crippen molar-refractivity contribution in [3.8, 4) is 0 Å². The SMILES string of the molecule is CC[Si](CC)(CC)C(C)NC(=O)C1C(=O)N(S(=O)(=O)O)C1C(=O)OC. The fourth-order valence-corrected chi connectivity index (χ4v) is 8.07. The van der Waals surface area contributed by atoms with E-state index in [9.17, 15) is 22.8 Å². The standard InChI is InChI=1S/C14H26N2O7SSi/c1-6-25(7-2,8-3)9(4)15-12(17)10-11(14(19)23-5)16(13(10)18)24(20,21)22/h9-11H,6-8H2,1-5H3,(H,15,17)(H,20,21,22). The molecule has 9 nitrogen and oxygen atoms in total. The monoisotopic (exact) mass is 394 g/mol. The van der Waals surface area contributed by atoms with Gasteiger partial charge >= 0.3 is 16.3 Å². The normalized spacial score (nSPS) is 22.2. The predicted octanol–water partition coefficient (Wildman–Crippen LogP) is 0.342. The minimum absolute atomic E-state index is 0.0160. The van der Waals surface area contributed by atoms with Crippen LogP contribution in [-0.4, -0.2) is 62.0 Å². The van der Waals surface area contributed by atoms with Crippen molar-refractivity contribution in [1.29, 1.82) is 0 Å². The van der Waals surface area contributed by atoms with E-state index in [4.69, 9.17) is 4.55 Å². The van der Waals surface area contributed by atoms with Crippen LogP contribution in [0.4, 0.5) is 0 Å². The van der Waals surface area contributed by atoms with Gasteiger partial charge in [-0.15, -0.1) is 0 Å². The molecule has 0 bridgehead atoms. The number of amides is 2. The number of hydrogen-bond acceptors (Lipinski definition) is 6. The van der Waals surface area contributed by atoms with E-state index in [0.29, 0.717) is 0 Å². The molecule has 1 aliphatic heterocycles. The first-order valence-electron chi connectivity index (χ1n) is 8.19. The van der Waals surface area contributed by atoms with Crippen LogP contribution in [0.2, 0.25) is 18.1 Å². The summed E-state index contributed by atoms with van der Waals surface area (Å²) in [5.74, 6) is -4.46. The van der Waals surface area contributed by atoms with Crippen molar-refractivity contribution in [2.75, 3.05) is 7.11 Å². The van der Waals surface area contributed by atoms with Crippen LogP contribution in [-0.2, 0) is 29.4 Å². The molecule has 0 aromatic carbocycles. The van der Waals surface area contributed by atoms with Crippen molar-refractivity contribution in [2.24, 2.45) is 5.92 Å². The molecule has 1 rings (SSSR count). The Kier molecular flexibility index (Phi) is 6.76. The first kappa shape index (κ1) is 21.6. The molecule has 1 fully saturated rings. The smallest absolute Gasteiger partial charge is 0.363 e. The van der Waals surface area contributed by atoms with Crippen LogP contribution in [0.25, 0.3) is 0 Å². The summed E-state index contributed by atoms with van der Waals surface area (Å²) in [6.07, 6.45) is 0. The van der Waals surface area contributed by atoms with E-state index in [0.717, 1.165) is 25.2 Å². The molecule has 3 unspecified atom stereocenters. The van der Waals surface area contributed by atoms with Crippen molar-refractivity contribution >= 4 is 36.2 Å². The van der Waals surface area contributed by atoms with E-state index in [1.807, 2.05) is 6.92 Å². The summed E-state index contributed by atoms with van der Waals surface area (Å²) in [5.41, 5.74) is -0.147. The molecular weight excluding hydrogens is 368 g/mol. The molecule has 1 aliphatic rings. The molecule has 144 valence electrons. The van der Waals surface area contributed by atoms with Gasteiger partial charge in [0.05, 0.1) is 15.2 Å². The molecule has 0 aromatic heterocycles. The maximum absolute atomic E-state index is 12.5. The number of rotatable bonds is 8. The number of hydrogen-bond donors (Lipinski definition) is 2. The van der Waals surface area contributed by atoms with Gasteiger partial charge in [-0.1, -0.05) is 38.9 Å². The molecule has 25 heavy (non-hydrogen) atoms. The number of esters is 1. The van der Waals surface area contributed by atoms with Crippen molar-refractivity contribution in [1.82, 2.24) is 9.62 Å². The zero-order valence-corrected chi connectivity index (χ0v) is 16.9. The molecule has 0 saturated carbocycles. The van der Waals surface area contributed by atoms with E-state index < -0.39 is 48.1 Å². The summed E-state index contributed by atoms with van der Waals surface area (Å²) in [7, 11) is -5.73. The van der Waals surface area contributed by atoms with Crippen molar-refractivity contribution in [3.63, 3.8) is 0 Å². The average molecular weight is 395 g/mol. The van der Waals surface area contributed by atoms with E-state index in [2.05, 4.69) is 30.8 Å². The van der Waals surface area contributed by atoms with Gasteiger partial charge in [0.2, 0.25) is 5.91 Å². The van der Waals surface area contributed by atoms with Gasteiger partial charge in [0.25, 0.3) is 5.91 Å². The topological polar surface area (TPSA) is 130 Å². The number of ether oxygens (including phenoxy) is 1. The number of carbonyl (C=O) groups is 3. The zero-order valence-electron chi connectivity index (χ0n) is 15.1. The molecule has 0 aromatic rings. The highest BCUT2D eigenvalue weighted by Crippen LogP contribution is 2.31. The van der Waals surface area contributed by atoms with Crippen molar-refractivity contribution < 1.29 is 32.1 Å². The third-order valence-electron chi connectivity index (χ3n) is 5.42. The zero-order chi connectivity index (χ0) is 19.6. The molecule has 1 saturated heterocycles. The number of carbonyl (C=O) groups excluding carboxylic acids is 3. The van der Waals surface area contributed by atoms with Crippen molar-refractivity contribution in [3.05, 3.63) is 0 Å². The molecule has 11 heteroatoms. The highest BCUT2D eigenvalue weighted by Gasteiger charge is 2.61. The maximum Gasteiger partial charge on any atom is 0.363 e. The minimum Gasteiger partial charge on any atom is -0.467 e. The summed E-state index contributed by atoms with van der Waals surface area (Å²) in [4.78, 5) is 36.4. The van der Waals surface area contributed by atoms with Gasteiger partial charge in [0, 0.05) is 5.67 Å². The van der Waals surface area contributed by atoms with Gasteiger partial charge in [-0.05, 0) is 6.92 Å². The lowest BCUT2D eigenvalue weighted by Crippen LogP contribution is -2.71. The Balaban J connectivity index is 3.04. The van der Waals surface area contributed by atoms with Crippen LogP contribution >= 0.6 is 0 Å². The number of β-lactam (4-membered cyclic amide) rings is 1. The van der Waals surface area contributed by atoms with Crippen LogP contribution in [0.3, 0.4) is 0 Å². The van der Waals surface area contributed by atoms with Crippen LogP contribution < -0.4 is 5.32 Å². The van der Waals surface area contributed by atoms with Crippen LogP contribution in [0.5, 0.6) is 0 Å². The molecule has 3 atom stereocenters. The Hall–Kier alpha value is -1.46. The highest BCUT2D eigenvalue weighted by molar-refractivity contribution is 7.84. The predicted molar refractivity (Wildman–Crippen MR) is 92.5 cm³/mol. The second kappa shape index (κ2) is 7.83. The first-order chi connectivity index (χ1) is 11.5. The van der Waals surface area contributed by atoms with Gasteiger partial charge in [0.15, 0.2) is 12.0 Å². The van der Waals surface area contributed by atoms with E-state index in [1.165, 1.54) is 0 Å². The van der Waals surface area contributed by atoms with Crippen LogP contribution in [0.15, 0.2) is 0 Å². The fourth-order valence-electron chi connectivity index (χ4n) is 3.45. The van der Waals surface area contributed by atoms with Crippen LogP contribution in [0.1, 0.15) is 27.7 Å². The lowest BCUT2D eigenvalue weighted by Gasteiger charge is -2.42. The third-order valence-corrected chi connectivity index (χ3v) is 12.5.